The number of rotatable bonds is 2. The Morgan fingerprint density at radius 1 is 1.00 bits per heavy atom. The smallest absolute Gasteiger partial charge is 0.249 e. The van der Waals surface area contributed by atoms with Crippen LogP contribution < -0.4 is 15.0 Å². The lowest BCUT2D eigenvalue weighted by molar-refractivity contribution is 0.174. The van der Waals surface area contributed by atoms with Crippen molar-refractivity contribution in [3.8, 4) is 33.9 Å². The summed E-state index contributed by atoms with van der Waals surface area (Å²) in [5.74, 6) is 1.39. The number of hydrogen-bond donors (Lipinski definition) is 2. The highest BCUT2D eigenvalue weighted by molar-refractivity contribution is 5.94. The summed E-state index contributed by atoms with van der Waals surface area (Å²) in [6.45, 7) is 0.220. The molecule has 0 spiro atoms. The van der Waals surface area contributed by atoms with Crippen LogP contribution in [-0.4, -0.2) is 21.7 Å². The first-order valence-corrected chi connectivity index (χ1v) is 7.85. The van der Waals surface area contributed by atoms with Crippen LogP contribution in [-0.2, 0) is 0 Å². The molecule has 6 nitrogen and oxygen atoms in total. The third-order valence-corrected chi connectivity index (χ3v) is 4.29. The number of nitrogens with zero attached hydrogens (tertiary/aromatic N) is 1. The molecule has 0 unspecified atom stereocenters. The molecule has 1 aliphatic rings. The fraction of sp³-hybridized carbons (Fsp3) is 0.0526. The van der Waals surface area contributed by atoms with Gasteiger partial charge in [0.25, 0.3) is 0 Å². The highest BCUT2D eigenvalue weighted by Crippen LogP contribution is 2.36. The van der Waals surface area contributed by atoms with Crippen molar-refractivity contribution in [2.75, 3.05) is 6.79 Å². The van der Waals surface area contributed by atoms with Gasteiger partial charge in [-0.3, -0.25) is 4.79 Å². The molecule has 4 aromatic rings. The van der Waals surface area contributed by atoms with Gasteiger partial charge in [-0.1, -0.05) is 0 Å². The van der Waals surface area contributed by atoms with E-state index in [1.54, 1.807) is 12.3 Å². The minimum atomic E-state index is -0.164. The summed E-state index contributed by atoms with van der Waals surface area (Å²) in [6, 6.07) is 13.0. The van der Waals surface area contributed by atoms with Gasteiger partial charge in [-0.25, -0.2) is 4.98 Å². The summed E-state index contributed by atoms with van der Waals surface area (Å²) < 4.78 is 10.8. The van der Waals surface area contributed by atoms with E-state index >= 15 is 0 Å². The minimum absolute atomic E-state index is 0.164. The van der Waals surface area contributed by atoms with Crippen LogP contribution in [0.2, 0.25) is 0 Å². The van der Waals surface area contributed by atoms with E-state index in [9.17, 15) is 4.79 Å². The Kier molecular flexibility index (Phi) is 2.90. The van der Waals surface area contributed by atoms with Crippen LogP contribution in [0.5, 0.6) is 11.5 Å². The summed E-state index contributed by atoms with van der Waals surface area (Å²) in [7, 11) is 0. The Balaban J connectivity index is 1.67. The number of aromatic amines is 2. The summed E-state index contributed by atoms with van der Waals surface area (Å²) in [5, 5.41) is 0.977. The summed E-state index contributed by atoms with van der Waals surface area (Å²) in [6.07, 6.45) is 3.61. The molecule has 25 heavy (non-hydrogen) atoms. The molecular weight excluding hydrogens is 318 g/mol. The van der Waals surface area contributed by atoms with Crippen LogP contribution in [0.1, 0.15) is 0 Å². The largest absolute Gasteiger partial charge is 0.454 e. The van der Waals surface area contributed by atoms with E-state index in [-0.39, 0.29) is 12.4 Å². The number of fused-ring (bicyclic) bond motifs is 2. The monoisotopic (exact) mass is 331 g/mol. The van der Waals surface area contributed by atoms with Crippen molar-refractivity contribution in [2.45, 2.75) is 0 Å². The Morgan fingerprint density at radius 3 is 2.88 bits per heavy atom. The maximum Gasteiger partial charge on any atom is 0.249 e. The second kappa shape index (κ2) is 5.24. The predicted molar refractivity (Wildman–Crippen MR) is 93.7 cm³/mol. The van der Waals surface area contributed by atoms with Crippen molar-refractivity contribution in [1.29, 1.82) is 0 Å². The van der Waals surface area contributed by atoms with Crippen molar-refractivity contribution < 1.29 is 9.47 Å². The maximum atomic E-state index is 12.2. The molecule has 0 saturated carbocycles. The average Bonchev–Trinajstić information content (AvgIpc) is 3.27. The van der Waals surface area contributed by atoms with E-state index < -0.39 is 0 Å². The molecule has 0 bridgehead atoms. The number of hydrogen-bond acceptors (Lipinski definition) is 4. The standard InChI is InChI=1S/C19H13N3O3/c23-18-8-12(14-9-21-19-13(14)2-1-5-20-19)6-15(22-18)11-3-4-16-17(7-11)25-10-24-16/h1-9H,10H2,(H,20,21)(H,22,23). The molecular formula is C19H13N3O3. The van der Waals surface area contributed by atoms with Crippen molar-refractivity contribution in [2.24, 2.45) is 0 Å². The number of pyridine rings is 2. The quantitative estimate of drug-likeness (QED) is 0.590. The fourth-order valence-corrected chi connectivity index (χ4v) is 3.11. The van der Waals surface area contributed by atoms with Gasteiger partial charge in [0.15, 0.2) is 11.5 Å². The second-order valence-electron chi connectivity index (χ2n) is 5.82. The summed E-state index contributed by atoms with van der Waals surface area (Å²) in [4.78, 5) is 22.5. The van der Waals surface area contributed by atoms with E-state index in [0.717, 1.165) is 33.4 Å². The number of benzene rings is 1. The predicted octanol–water partition coefficient (Wildman–Crippen LogP) is 3.31. The second-order valence-corrected chi connectivity index (χ2v) is 5.82. The third kappa shape index (κ3) is 2.27. The molecule has 0 amide bonds. The summed E-state index contributed by atoms with van der Waals surface area (Å²) in [5.41, 5.74) is 3.98. The summed E-state index contributed by atoms with van der Waals surface area (Å²) >= 11 is 0. The highest BCUT2D eigenvalue weighted by Gasteiger charge is 2.15. The van der Waals surface area contributed by atoms with Gasteiger partial charge >= 0.3 is 0 Å². The molecule has 3 aromatic heterocycles. The Hall–Kier alpha value is -3.54. The lowest BCUT2D eigenvalue weighted by Crippen LogP contribution is -2.05. The third-order valence-electron chi connectivity index (χ3n) is 4.29. The van der Waals surface area contributed by atoms with E-state index in [4.69, 9.17) is 9.47 Å². The minimum Gasteiger partial charge on any atom is -0.454 e. The van der Waals surface area contributed by atoms with Gasteiger partial charge in [0, 0.05) is 40.7 Å². The van der Waals surface area contributed by atoms with E-state index in [1.165, 1.54) is 0 Å². The fourth-order valence-electron chi connectivity index (χ4n) is 3.11. The maximum absolute atomic E-state index is 12.2. The molecule has 0 saturated heterocycles. The van der Waals surface area contributed by atoms with E-state index in [2.05, 4.69) is 15.0 Å². The van der Waals surface area contributed by atoms with Gasteiger partial charge in [0.1, 0.15) is 5.65 Å². The van der Waals surface area contributed by atoms with Crippen LogP contribution in [0.4, 0.5) is 0 Å². The van der Waals surface area contributed by atoms with Gasteiger partial charge in [0.05, 0.1) is 0 Å². The first-order valence-electron chi connectivity index (χ1n) is 7.85. The first kappa shape index (κ1) is 13.9. The Labute approximate surface area is 142 Å². The zero-order valence-corrected chi connectivity index (χ0v) is 13.1. The molecule has 122 valence electrons. The molecule has 0 atom stereocenters. The van der Waals surface area contributed by atoms with Crippen molar-refractivity contribution in [3.63, 3.8) is 0 Å². The van der Waals surface area contributed by atoms with Gasteiger partial charge in [-0.05, 0) is 42.0 Å². The number of ether oxygens (including phenoxy) is 2. The number of aromatic nitrogens is 3. The molecule has 2 N–H and O–H groups in total. The van der Waals surface area contributed by atoms with Crippen molar-refractivity contribution in [3.05, 3.63) is 65.2 Å². The topological polar surface area (TPSA) is 80.0 Å². The lowest BCUT2D eigenvalue weighted by Gasteiger charge is -2.06. The molecule has 1 aromatic carbocycles. The average molecular weight is 331 g/mol. The first-order chi connectivity index (χ1) is 12.3. The van der Waals surface area contributed by atoms with Gasteiger partial charge < -0.3 is 19.4 Å². The SMILES string of the molecule is O=c1cc(-c2c[nH]c3ncccc23)cc(-c2ccc3c(c2)OCO3)[nH]1. The molecule has 0 fully saturated rings. The van der Waals surface area contributed by atoms with E-state index in [1.807, 2.05) is 42.6 Å². The molecule has 1 aliphatic heterocycles. The molecule has 6 heteroatoms. The zero-order valence-electron chi connectivity index (χ0n) is 13.1. The Morgan fingerprint density at radius 2 is 1.92 bits per heavy atom. The highest BCUT2D eigenvalue weighted by atomic mass is 16.7. The number of H-pyrrole nitrogens is 2. The normalized spacial score (nSPS) is 12.6. The van der Waals surface area contributed by atoms with E-state index in [0.29, 0.717) is 11.5 Å². The van der Waals surface area contributed by atoms with Crippen LogP contribution in [0.15, 0.2) is 59.7 Å². The van der Waals surface area contributed by atoms with Gasteiger partial charge in [-0.2, -0.15) is 0 Å². The zero-order chi connectivity index (χ0) is 16.8. The lowest BCUT2D eigenvalue weighted by atomic mass is 10.0. The molecule has 4 heterocycles. The Bertz CT molecular complexity index is 1160. The van der Waals surface area contributed by atoms with Gasteiger partial charge in [0.2, 0.25) is 12.4 Å². The van der Waals surface area contributed by atoms with Crippen LogP contribution >= 0.6 is 0 Å². The molecule has 0 aliphatic carbocycles. The number of nitrogens with one attached hydrogen (secondary N) is 2. The molecule has 5 rings (SSSR count). The molecule has 0 radical (unpaired) electrons. The van der Waals surface area contributed by atoms with Crippen molar-refractivity contribution in [1.82, 2.24) is 15.0 Å². The van der Waals surface area contributed by atoms with Crippen molar-refractivity contribution >= 4 is 11.0 Å². The van der Waals surface area contributed by atoms with Crippen LogP contribution in [0, 0.1) is 0 Å². The van der Waals surface area contributed by atoms with Crippen LogP contribution in [0.3, 0.4) is 0 Å². The van der Waals surface area contributed by atoms with Gasteiger partial charge in [-0.15, -0.1) is 0 Å². The van der Waals surface area contributed by atoms with Crippen LogP contribution in [0.25, 0.3) is 33.4 Å².